The Labute approximate surface area is 184 Å². The number of phenolic OH excluding ortho intramolecular Hbond substituents is 1. The Bertz CT molecular complexity index is 836. The summed E-state index contributed by atoms with van der Waals surface area (Å²) in [6, 6.07) is 8.30. The summed E-state index contributed by atoms with van der Waals surface area (Å²) in [5.74, 6) is 0.530. The van der Waals surface area contributed by atoms with E-state index in [0.717, 1.165) is 25.7 Å². The predicted molar refractivity (Wildman–Crippen MR) is 126 cm³/mol. The second kappa shape index (κ2) is 10.3. The largest absolute Gasteiger partial charge is 0.507 e. The molecular weight excluding hydrogens is 390 g/mol. The first kappa shape index (κ1) is 21.8. The number of nitrogens with zero attached hydrogens (tertiary/aromatic N) is 3. The van der Waals surface area contributed by atoms with Gasteiger partial charge in [0.1, 0.15) is 17.3 Å². The van der Waals surface area contributed by atoms with Gasteiger partial charge in [0.25, 0.3) is 0 Å². The number of aromatic hydroxyl groups is 1. The van der Waals surface area contributed by atoms with Crippen molar-refractivity contribution in [2.24, 2.45) is 21.5 Å². The molecule has 2 fully saturated rings. The molecule has 0 bridgehead atoms. The molecule has 0 radical (unpaired) electrons. The van der Waals surface area contributed by atoms with Gasteiger partial charge in [-0.2, -0.15) is 0 Å². The molecule has 0 unspecified atom stereocenters. The number of hydrogen-bond donors (Lipinski definition) is 5. The van der Waals surface area contributed by atoms with Gasteiger partial charge >= 0.3 is 0 Å². The number of aliphatic imine (C=N–C) groups is 2. The third-order valence-corrected chi connectivity index (χ3v) is 6.56. The monoisotopic (exact) mass is 425 g/mol. The molecule has 1 aromatic carbocycles. The van der Waals surface area contributed by atoms with E-state index >= 15 is 0 Å². The highest BCUT2D eigenvalue weighted by Gasteiger charge is 2.26. The second-order valence-corrected chi connectivity index (χ2v) is 8.71. The van der Waals surface area contributed by atoms with Gasteiger partial charge in [-0.05, 0) is 70.1 Å². The molecule has 3 heterocycles. The Morgan fingerprint density at radius 1 is 1.19 bits per heavy atom. The van der Waals surface area contributed by atoms with Crippen LogP contribution in [0.15, 0.2) is 40.3 Å². The normalized spacial score (nSPS) is 24.6. The quantitative estimate of drug-likeness (QED) is 0.457. The summed E-state index contributed by atoms with van der Waals surface area (Å²) >= 11 is 0. The maximum absolute atomic E-state index is 10.0. The number of nitrogens with two attached hydrogens (primary N) is 2. The molecule has 3 aliphatic rings. The molecule has 0 aromatic heterocycles. The molecule has 0 spiro atoms. The number of para-hydroxylation sites is 1. The van der Waals surface area contributed by atoms with Crippen LogP contribution >= 0.6 is 0 Å². The summed E-state index contributed by atoms with van der Waals surface area (Å²) in [7, 11) is 0. The van der Waals surface area contributed by atoms with E-state index in [0.29, 0.717) is 35.4 Å². The van der Waals surface area contributed by atoms with Crippen LogP contribution in [0.25, 0.3) is 5.70 Å². The van der Waals surface area contributed by atoms with Crippen molar-refractivity contribution >= 4 is 17.2 Å². The van der Waals surface area contributed by atoms with Gasteiger partial charge in [0, 0.05) is 29.9 Å². The lowest BCUT2D eigenvalue weighted by Crippen LogP contribution is -2.50. The number of benzene rings is 1. The number of likely N-dealkylation sites (tertiary alicyclic amines) is 1. The number of hydrogen-bond acceptors (Lipinski definition) is 8. The molecule has 31 heavy (non-hydrogen) atoms. The highest BCUT2D eigenvalue weighted by Crippen LogP contribution is 2.22. The van der Waals surface area contributed by atoms with Gasteiger partial charge in [0.15, 0.2) is 0 Å². The molecule has 0 amide bonds. The lowest BCUT2D eigenvalue weighted by molar-refractivity contribution is 0.120. The van der Waals surface area contributed by atoms with Crippen molar-refractivity contribution < 1.29 is 5.11 Å². The topological polar surface area (TPSA) is 124 Å². The predicted octanol–water partition coefficient (Wildman–Crippen LogP) is 0.678. The average Bonchev–Trinajstić information content (AvgIpc) is 2.81. The molecule has 1 aromatic rings. The van der Waals surface area contributed by atoms with Crippen LogP contribution in [-0.2, 0) is 0 Å². The molecule has 7 N–H and O–H groups in total. The van der Waals surface area contributed by atoms with Gasteiger partial charge in [-0.15, -0.1) is 0 Å². The first-order valence-electron chi connectivity index (χ1n) is 11.4. The van der Waals surface area contributed by atoms with E-state index in [1.807, 2.05) is 6.07 Å². The van der Waals surface area contributed by atoms with Crippen LogP contribution in [0.1, 0.15) is 31.2 Å². The van der Waals surface area contributed by atoms with Crippen LogP contribution in [0.2, 0.25) is 0 Å². The van der Waals surface area contributed by atoms with Crippen molar-refractivity contribution in [2.45, 2.75) is 43.8 Å². The fourth-order valence-electron chi connectivity index (χ4n) is 4.70. The summed E-state index contributed by atoms with van der Waals surface area (Å²) in [5, 5.41) is 17.2. The summed E-state index contributed by atoms with van der Waals surface area (Å²) in [5.41, 5.74) is 13.8. The maximum Gasteiger partial charge on any atom is 0.144 e. The minimum absolute atomic E-state index is 0.0400. The third-order valence-electron chi connectivity index (χ3n) is 6.56. The Morgan fingerprint density at radius 3 is 2.68 bits per heavy atom. The molecule has 0 aliphatic carbocycles. The number of nitrogens with one attached hydrogen (secondary N) is 2. The highest BCUT2D eigenvalue weighted by atomic mass is 16.3. The Balaban J connectivity index is 1.30. The zero-order valence-electron chi connectivity index (χ0n) is 18.1. The summed E-state index contributed by atoms with van der Waals surface area (Å²) in [6.07, 6.45) is 6.61. The van der Waals surface area contributed by atoms with Crippen LogP contribution in [0, 0.1) is 0 Å². The number of amidine groups is 1. The molecule has 1 atom stereocenters. The number of piperidine rings is 2. The standard InChI is InChI=1S/C23H35N7O/c24-20(19-3-1-2-4-22(19)31)13-21-23(25)28-15-17(29-21)14-27-16-7-11-30(12-8-16)18-5-9-26-10-6-18/h1-4,13,16-18,26-27,31H,5-12,14-15,24H2,(H2,25,28)/t17-/m1/s1. The van der Waals surface area contributed by atoms with E-state index < -0.39 is 0 Å². The molecule has 4 rings (SSSR count). The molecule has 0 saturated carbocycles. The number of phenols is 1. The lowest BCUT2D eigenvalue weighted by atomic mass is 9.98. The van der Waals surface area contributed by atoms with Crippen molar-refractivity contribution in [1.29, 1.82) is 0 Å². The molecule has 168 valence electrons. The SMILES string of the molecule is NC(=CC1=N[C@H](CNC2CCN(C3CCNCC3)CC2)CN=C1N)c1ccccc1O. The van der Waals surface area contributed by atoms with E-state index in [1.165, 1.54) is 38.8 Å². The minimum atomic E-state index is 0.0400. The lowest BCUT2D eigenvalue weighted by Gasteiger charge is -2.39. The summed E-state index contributed by atoms with van der Waals surface area (Å²) in [6.45, 7) is 6.01. The van der Waals surface area contributed by atoms with E-state index in [9.17, 15) is 5.11 Å². The summed E-state index contributed by atoms with van der Waals surface area (Å²) in [4.78, 5) is 11.9. The van der Waals surface area contributed by atoms with Crippen LogP contribution in [0.4, 0.5) is 0 Å². The third kappa shape index (κ3) is 5.64. The fraction of sp³-hybridized carbons (Fsp3) is 0.565. The second-order valence-electron chi connectivity index (χ2n) is 8.71. The van der Waals surface area contributed by atoms with Crippen molar-refractivity contribution in [3.8, 4) is 5.75 Å². The maximum atomic E-state index is 10.0. The Kier molecular flexibility index (Phi) is 7.21. The fourth-order valence-corrected chi connectivity index (χ4v) is 4.70. The summed E-state index contributed by atoms with van der Waals surface area (Å²) < 4.78 is 0. The molecular formula is C23H35N7O. The van der Waals surface area contributed by atoms with E-state index in [-0.39, 0.29) is 11.8 Å². The molecule has 8 heteroatoms. The van der Waals surface area contributed by atoms with Crippen LogP contribution in [0.5, 0.6) is 5.75 Å². The van der Waals surface area contributed by atoms with Gasteiger partial charge < -0.3 is 32.1 Å². The zero-order chi connectivity index (χ0) is 21.6. The number of rotatable bonds is 6. The average molecular weight is 426 g/mol. The van der Waals surface area contributed by atoms with Crippen LogP contribution in [-0.4, -0.2) is 78.9 Å². The van der Waals surface area contributed by atoms with Gasteiger partial charge in [-0.1, -0.05) is 12.1 Å². The van der Waals surface area contributed by atoms with Gasteiger partial charge in [0.05, 0.1) is 12.6 Å². The molecule has 2 saturated heterocycles. The Morgan fingerprint density at radius 2 is 1.94 bits per heavy atom. The smallest absolute Gasteiger partial charge is 0.144 e. The van der Waals surface area contributed by atoms with E-state index in [2.05, 4.69) is 20.5 Å². The first-order chi connectivity index (χ1) is 15.1. The van der Waals surface area contributed by atoms with Gasteiger partial charge in [0.2, 0.25) is 0 Å². The van der Waals surface area contributed by atoms with Crippen molar-refractivity contribution in [2.75, 3.05) is 39.3 Å². The Hall–Kier alpha value is -2.42. The van der Waals surface area contributed by atoms with Crippen molar-refractivity contribution in [3.05, 3.63) is 35.9 Å². The minimum Gasteiger partial charge on any atom is -0.507 e. The van der Waals surface area contributed by atoms with E-state index in [4.69, 9.17) is 16.5 Å². The van der Waals surface area contributed by atoms with Gasteiger partial charge in [-0.25, -0.2) is 0 Å². The zero-order valence-corrected chi connectivity index (χ0v) is 18.1. The van der Waals surface area contributed by atoms with Crippen LogP contribution < -0.4 is 22.1 Å². The van der Waals surface area contributed by atoms with Crippen LogP contribution in [0.3, 0.4) is 0 Å². The van der Waals surface area contributed by atoms with Crippen molar-refractivity contribution in [1.82, 2.24) is 15.5 Å². The first-order valence-corrected chi connectivity index (χ1v) is 11.4. The molecule has 8 nitrogen and oxygen atoms in total. The highest BCUT2D eigenvalue weighted by molar-refractivity contribution is 6.46. The van der Waals surface area contributed by atoms with Gasteiger partial charge in [-0.3, -0.25) is 9.98 Å². The van der Waals surface area contributed by atoms with Crippen molar-refractivity contribution in [3.63, 3.8) is 0 Å². The van der Waals surface area contributed by atoms with E-state index in [1.54, 1.807) is 24.3 Å². The molecule has 3 aliphatic heterocycles.